The summed E-state index contributed by atoms with van der Waals surface area (Å²) in [5, 5.41) is 0. The number of halogens is 1. The van der Waals surface area contributed by atoms with Gasteiger partial charge in [-0.1, -0.05) is 15.9 Å². The van der Waals surface area contributed by atoms with Crippen molar-refractivity contribution in [2.45, 2.75) is 18.9 Å². The molecule has 0 aliphatic carbocycles. The van der Waals surface area contributed by atoms with Gasteiger partial charge >= 0.3 is 0 Å². The average molecular weight is 300 g/mol. The van der Waals surface area contributed by atoms with E-state index in [1.54, 1.807) is 7.11 Å². The van der Waals surface area contributed by atoms with Crippen LogP contribution in [0, 0.1) is 5.92 Å². The van der Waals surface area contributed by atoms with Crippen LogP contribution >= 0.6 is 15.9 Å². The van der Waals surface area contributed by atoms with Crippen molar-refractivity contribution < 1.29 is 9.47 Å². The summed E-state index contributed by atoms with van der Waals surface area (Å²) in [6, 6.07) is 6.00. The second-order valence-corrected chi connectivity index (χ2v) is 5.28. The highest BCUT2D eigenvalue weighted by molar-refractivity contribution is 9.10. The number of benzene rings is 1. The maximum atomic E-state index is 6.36. The molecule has 0 amide bonds. The molecule has 0 bridgehead atoms. The molecule has 0 saturated carbocycles. The van der Waals surface area contributed by atoms with E-state index in [2.05, 4.69) is 22.0 Å². The highest BCUT2D eigenvalue weighted by atomic mass is 79.9. The molecule has 1 fully saturated rings. The molecule has 1 saturated heterocycles. The molecular formula is C13H18BrNO2. The third kappa shape index (κ3) is 3.00. The fourth-order valence-electron chi connectivity index (χ4n) is 2.29. The fraction of sp³-hybridized carbons (Fsp3) is 0.538. The quantitative estimate of drug-likeness (QED) is 0.933. The van der Waals surface area contributed by atoms with Gasteiger partial charge in [0.25, 0.3) is 0 Å². The Morgan fingerprint density at radius 3 is 2.76 bits per heavy atom. The van der Waals surface area contributed by atoms with Gasteiger partial charge in [0.15, 0.2) is 0 Å². The monoisotopic (exact) mass is 299 g/mol. The van der Waals surface area contributed by atoms with Crippen molar-refractivity contribution in [2.24, 2.45) is 11.7 Å². The largest absolute Gasteiger partial charge is 0.496 e. The Morgan fingerprint density at radius 1 is 1.41 bits per heavy atom. The SMILES string of the molecule is COc1ccc(Br)cc1[C@H](N)C1CCOCC1. The third-order valence-corrected chi connectivity index (χ3v) is 3.82. The van der Waals surface area contributed by atoms with Gasteiger partial charge in [-0.2, -0.15) is 0 Å². The standard InChI is InChI=1S/C13H18BrNO2/c1-16-12-3-2-10(14)8-11(12)13(15)9-4-6-17-7-5-9/h2-3,8-9,13H,4-7,15H2,1H3/t13-/m1/s1. The zero-order chi connectivity index (χ0) is 12.3. The number of nitrogens with two attached hydrogens (primary N) is 1. The van der Waals surface area contributed by atoms with Crippen LogP contribution in [0.25, 0.3) is 0 Å². The van der Waals surface area contributed by atoms with Gasteiger partial charge in [-0.05, 0) is 37.0 Å². The number of hydrogen-bond donors (Lipinski definition) is 1. The summed E-state index contributed by atoms with van der Waals surface area (Å²) in [5.41, 5.74) is 7.44. The lowest BCUT2D eigenvalue weighted by molar-refractivity contribution is 0.0581. The van der Waals surface area contributed by atoms with Gasteiger partial charge in [0.05, 0.1) is 7.11 Å². The number of methoxy groups -OCH3 is 1. The van der Waals surface area contributed by atoms with Crippen LogP contribution < -0.4 is 10.5 Å². The molecule has 2 rings (SSSR count). The van der Waals surface area contributed by atoms with E-state index in [0.717, 1.165) is 41.8 Å². The first-order chi connectivity index (χ1) is 8.22. The van der Waals surface area contributed by atoms with Gasteiger partial charge in [-0.15, -0.1) is 0 Å². The predicted molar refractivity (Wildman–Crippen MR) is 71.2 cm³/mol. The summed E-state index contributed by atoms with van der Waals surface area (Å²) in [6.45, 7) is 1.63. The lowest BCUT2D eigenvalue weighted by atomic mass is 9.87. The Balaban J connectivity index is 2.21. The maximum absolute atomic E-state index is 6.36. The summed E-state index contributed by atoms with van der Waals surface area (Å²) in [5.74, 6) is 1.35. The van der Waals surface area contributed by atoms with Crippen molar-refractivity contribution in [1.29, 1.82) is 0 Å². The Kier molecular flexibility index (Phi) is 4.42. The first kappa shape index (κ1) is 12.9. The summed E-state index contributed by atoms with van der Waals surface area (Å²) < 4.78 is 11.8. The molecule has 1 aliphatic heterocycles. The van der Waals surface area contributed by atoms with Crippen LogP contribution in [-0.4, -0.2) is 20.3 Å². The molecule has 1 aromatic carbocycles. The molecule has 94 valence electrons. The average Bonchev–Trinajstić information content (AvgIpc) is 2.39. The number of rotatable bonds is 3. The van der Waals surface area contributed by atoms with Crippen molar-refractivity contribution in [3.63, 3.8) is 0 Å². The lowest BCUT2D eigenvalue weighted by Crippen LogP contribution is -2.27. The Bertz CT molecular complexity index is 378. The molecule has 0 spiro atoms. The molecule has 0 radical (unpaired) electrons. The van der Waals surface area contributed by atoms with Gasteiger partial charge in [-0.3, -0.25) is 0 Å². The van der Waals surface area contributed by atoms with Crippen LogP contribution in [-0.2, 0) is 4.74 Å². The fourth-order valence-corrected chi connectivity index (χ4v) is 2.67. The molecule has 17 heavy (non-hydrogen) atoms. The number of ether oxygens (including phenoxy) is 2. The maximum Gasteiger partial charge on any atom is 0.123 e. The molecule has 0 aromatic heterocycles. The smallest absolute Gasteiger partial charge is 0.123 e. The van der Waals surface area contributed by atoms with Crippen LogP contribution in [0.4, 0.5) is 0 Å². The summed E-state index contributed by atoms with van der Waals surface area (Å²) in [4.78, 5) is 0. The second-order valence-electron chi connectivity index (χ2n) is 4.36. The van der Waals surface area contributed by atoms with E-state index in [-0.39, 0.29) is 6.04 Å². The van der Waals surface area contributed by atoms with Crippen LogP contribution in [0.3, 0.4) is 0 Å². The zero-order valence-electron chi connectivity index (χ0n) is 9.99. The topological polar surface area (TPSA) is 44.5 Å². The summed E-state index contributed by atoms with van der Waals surface area (Å²) >= 11 is 3.48. The molecule has 2 N–H and O–H groups in total. The van der Waals surface area contributed by atoms with Crippen molar-refractivity contribution in [2.75, 3.05) is 20.3 Å². The summed E-state index contributed by atoms with van der Waals surface area (Å²) in [6.07, 6.45) is 2.05. The molecule has 3 nitrogen and oxygen atoms in total. The minimum atomic E-state index is 0.0198. The van der Waals surface area contributed by atoms with Gasteiger partial charge in [-0.25, -0.2) is 0 Å². The van der Waals surface area contributed by atoms with Gasteiger partial charge in [0.2, 0.25) is 0 Å². The lowest BCUT2D eigenvalue weighted by Gasteiger charge is -2.28. The Labute approximate surface area is 110 Å². The first-order valence-electron chi connectivity index (χ1n) is 5.89. The molecular weight excluding hydrogens is 282 g/mol. The highest BCUT2D eigenvalue weighted by Gasteiger charge is 2.24. The van der Waals surface area contributed by atoms with Crippen molar-refractivity contribution >= 4 is 15.9 Å². The van der Waals surface area contributed by atoms with E-state index in [0.29, 0.717) is 5.92 Å². The van der Waals surface area contributed by atoms with E-state index in [4.69, 9.17) is 15.2 Å². The van der Waals surface area contributed by atoms with E-state index in [9.17, 15) is 0 Å². The minimum Gasteiger partial charge on any atom is -0.496 e. The highest BCUT2D eigenvalue weighted by Crippen LogP contribution is 2.34. The van der Waals surface area contributed by atoms with Gasteiger partial charge in [0, 0.05) is 29.3 Å². The predicted octanol–water partition coefficient (Wildman–Crippen LogP) is 2.88. The van der Waals surface area contributed by atoms with Crippen LogP contribution in [0.2, 0.25) is 0 Å². The van der Waals surface area contributed by atoms with E-state index in [1.165, 1.54) is 0 Å². The normalized spacial score (nSPS) is 19.0. The van der Waals surface area contributed by atoms with Crippen molar-refractivity contribution in [3.05, 3.63) is 28.2 Å². The molecule has 1 heterocycles. The Hall–Kier alpha value is -0.580. The van der Waals surface area contributed by atoms with Crippen LogP contribution in [0.5, 0.6) is 5.75 Å². The molecule has 1 aliphatic rings. The van der Waals surface area contributed by atoms with Crippen molar-refractivity contribution in [1.82, 2.24) is 0 Å². The van der Waals surface area contributed by atoms with Gasteiger partial charge < -0.3 is 15.2 Å². The third-order valence-electron chi connectivity index (χ3n) is 3.32. The molecule has 1 atom stereocenters. The number of hydrogen-bond acceptors (Lipinski definition) is 3. The van der Waals surface area contributed by atoms with Gasteiger partial charge in [0.1, 0.15) is 5.75 Å². The Morgan fingerprint density at radius 2 is 2.12 bits per heavy atom. The summed E-state index contributed by atoms with van der Waals surface area (Å²) in [7, 11) is 1.68. The minimum absolute atomic E-state index is 0.0198. The van der Waals surface area contributed by atoms with E-state index in [1.807, 2.05) is 12.1 Å². The van der Waals surface area contributed by atoms with E-state index < -0.39 is 0 Å². The first-order valence-corrected chi connectivity index (χ1v) is 6.68. The molecule has 0 unspecified atom stereocenters. The van der Waals surface area contributed by atoms with Crippen LogP contribution in [0.15, 0.2) is 22.7 Å². The molecule has 4 heteroatoms. The van der Waals surface area contributed by atoms with Crippen LogP contribution in [0.1, 0.15) is 24.4 Å². The van der Waals surface area contributed by atoms with Crippen molar-refractivity contribution in [3.8, 4) is 5.75 Å². The zero-order valence-corrected chi connectivity index (χ0v) is 11.6. The van der Waals surface area contributed by atoms with E-state index >= 15 is 0 Å². The molecule has 1 aromatic rings. The second kappa shape index (κ2) is 5.85.